The Kier molecular flexibility index (Phi) is 7.16. The molecule has 0 atom stereocenters. The van der Waals surface area contributed by atoms with Crippen LogP contribution in [0.25, 0.3) is 0 Å². The van der Waals surface area contributed by atoms with Gasteiger partial charge in [0.25, 0.3) is 11.5 Å². The van der Waals surface area contributed by atoms with E-state index in [1.165, 1.54) is 14.1 Å². The van der Waals surface area contributed by atoms with E-state index in [9.17, 15) is 18.0 Å². The fraction of sp³-hybridized carbons (Fsp3) is 0.190. The number of anilines is 1. The molecule has 0 aliphatic heterocycles. The molecule has 0 saturated carbocycles. The van der Waals surface area contributed by atoms with Gasteiger partial charge in [-0.3, -0.25) is 18.9 Å². The maximum absolute atomic E-state index is 12.9. The molecule has 0 radical (unpaired) electrons. The normalized spacial score (nSPS) is 11.1. The van der Waals surface area contributed by atoms with E-state index in [4.69, 9.17) is 16.3 Å². The largest absolute Gasteiger partial charge is 0.481 e. The molecule has 11 heteroatoms. The van der Waals surface area contributed by atoms with Crippen molar-refractivity contribution in [3.05, 3.63) is 86.8 Å². The summed E-state index contributed by atoms with van der Waals surface area (Å²) in [4.78, 5) is 29.3. The Morgan fingerprint density at radius 1 is 1.09 bits per heavy atom. The average Bonchev–Trinajstić information content (AvgIpc) is 2.77. The molecule has 3 rings (SSSR count). The molecule has 1 amide bonds. The lowest BCUT2D eigenvalue weighted by molar-refractivity contribution is 0.0952. The zero-order valence-corrected chi connectivity index (χ0v) is 18.9. The van der Waals surface area contributed by atoms with E-state index >= 15 is 0 Å². The Morgan fingerprint density at radius 2 is 1.75 bits per heavy atom. The van der Waals surface area contributed by atoms with Crippen molar-refractivity contribution >= 4 is 33.5 Å². The lowest BCUT2D eigenvalue weighted by Gasteiger charge is -2.15. The van der Waals surface area contributed by atoms with Crippen LogP contribution >= 0.6 is 11.6 Å². The summed E-state index contributed by atoms with van der Waals surface area (Å²) in [6, 6.07) is 15.4. The molecule has 0 fully saturated rings. The van der Waals surface area contributed by atoms with E-state index in [-0.39, 0.29) is 29.8 Å². The van der Waals surface area contributed by atoms with Gasteiger partial charge >= 0.3 is 0 Å². The van der Waals surface area contributed by atoms with Crippen LogP contribution in [-0.2, 0) is 29.4 Å². The molecule has 2 N–H and O–H groups in total. The number of rotatable bonds is 8. The summed E-state index contributed by atoms with van der Waals surface area (Å²) < 4.78 is 34.1. The number of nitrogens with one attached hydrogen (secondary N) is 2. The zero-order valence-electron chi connectivity index (χ0n) is 17.3. The van der Waals surface area contributed by atoms with Gasteiger partial charge in [-0.15, -0.1) is 0 Å². The summed E-state index contributed by atoms with van der Waals surface area (Å²) in [5.41, 5.74) is 0.237. The number of ether oxygens (including phenoxy) is 1. The maximum atomic E-state index is 12.9. The van der Waals surface area contributed by atoms with Gasteiger partial charge in [0.2, 0.25) is 21.7 Å². The van der Waals surface area contributed by atoms with Crippen molar-refractivity contribution in [2.24, 2.45) is 7.05 Å². The molecule has 9 nitrogen and oxygen atoms in total. The van der Waals surface area contributed by atoms with Gasteiger partial charge in [0.05, 0.1) is 5.75 Å². The molecular weight excluding hydrogens is 456 g/mol. The van der Waals surface area contributed by atoms with Crippen LogP contribution in [-0.4, -0.2) is 30.9 Å². The Hall–Kier alpha value is -3.37. The first-order valence-corrected chi connectivity index (χ1v) is 11.5. The molecule has 3 aromatic rings. The van der Waals surface area contributed by atoms with Crippen molar-refractivity contribution in [1.82, 2.24) is 14.9 Å². The highest BCUT2D eigenvalue weighted by molar-refractivity contribution is 7.91. The van der Waals surface area contributed by atoms with Gasteiger partial charge in [0.1, 0.15) is 6.61 Å². The predicted octanol–water partition coefficient (Wildman–Crippen LogP) is 2.31. The Morgan fingerprint density at radius 3 is 2.38 bits per heavy atom. The van der Waals surface area contributed by atoms with E-state index in [0.717, 1.165) is 10.1 Å². The molecule has 32 heavy (non-hydrogen) atoms. The fourth-order valence-electron chi connectivity index (χ4n) is 2.78. The molecule has 1 heterocycles. The molecular formula is C21H21ClN4O5S. The second kappa shape index (κ2) is 9.84. The number of carbonyl (C=O) groups excluding carboxylic acids is 1. The van der Waals surface area contributed by atoms with Gasteiger partial charge in [-0.05, 0) is 23.3 Å². The van der Waals surface area contributed by atoms with Crippen LogP contribution in [0.3, 0.4) is 0 Å². The molecule has 2 aromatic carbocycles. The Bertz CT molecular complexity index is 1280. The number of sulfonamides is 1. The predicted molar refractivity (Wildman–Crippen MR) is 121 cm³/mol. The van der Waals surface area contributed by atoms with Crippen LogP contribution in [0, 0.1) is 0 Å². The maximum Gasteiger partial charge on any atom is 0.297 e. The van der Waals surface area contributed by atoms with Gasteiger partial charge in [-0.25, -0.2) is 13.4 Å². The number of aromatic nitrogens is 2. The second-order valence-corrected chi connectivity index (χ2v) is 8.98. The summed E-state index contributed by atoms with van der Waals surface area (Å²) in [6.07, 6.45) is 0. The number of halogens is 1. The van der Waals surface area contributed by atoms with Crippen molar-refractivity contribution in [2.45, 2.75) is 12.4 Å². The fourth-order valence-corrected chi connectivity index (χ4v) is 4.07. The van der Waals surface area contributed by atoms with Crippen molar-refractivity contribution in [3.8, 4) is 5.75 Å². The summed E-state index contributed by atoms with van der Waals surface area (Å²) in [6.45, 7) is 0.0311. The van der Waals surface area contributed by atoms with Crippen LogP contribution in [0.2, 0.25) is 5.02 Å². The molecule has 0 aliphatic carbocycles. The summed E-state index contributed by atoms with van der Waals surface area (Å²) in [5.74, 6) is -1.66. The molecule has 0 bridgehead atoms. The lowest BCUT2D eigenvalue weighted by Crippen LogP contribution is -2.31. The quantitative estimate of drug-likeness (QED) is 0.515. The zero-order chi connectivity index (χ0) is 23.3. The van der Waals surface area contributed by atoms with E-state index in [1.54, 1.807) is 36.4 Å². The standard InChI is InChI=1S/C21H21ClN4O5S/c1-23-19(27)17-18(31-12-14-6-4-3-5-7-14)20(28)26(2)21(24-17)25-32(29,30)13-15-8-10-16(22)11-9-15/h3-11H,12-13H2,1-2H3,(H,23,27)(H,24,25). The summed E-state index contributed by atoms with van der Waals surface area (Å²) in [7, 11) is -1.25. The molecule has 168 valence electrons. The number of hydrogen-bond donors (Lipinski definition) is 2. The van der Waals surface area contributed by atoms with E-state index in [1.807, 2.05) is 18.2 Å². The Balaban J connectivity index is 1.92. The SMILES string of the molecule is CNC(=O)c1nc(NS(=O)(=O)Cc2ccc(Cl)cc2)n(C)c(=O)c1OCc1ccccc1. The lowest BCUT2D eigenvalue weighted by atomic mass is 10.2. The first-order valence-electron chi connectivity index (χ1n) is 9.45. The van der Waals surface area contributed by atoms with Crippen molar-refractivity contribution in [3.63, 3.8) is 0 Å². The van der Waals surface area contributed by atoms with Gasteiger partial charge in [0, 0.05) is 19.1 Å². The minimum absolute atomic E-state index is 0.0311. The highest BCUT2D eigenvalue weighted by atomic mass is 35.5. The van der Waals surface area contributed by atoms with E-state index in [0.29, 0.717) is 10.6 Å². The van der Waals surface area contributed by atoms with E-state index in [2.05, 4.69) is 15.0 Å². The average molecular weight is 477 g/mol. The second-order valence-electron chi connectivity index (χ2n) is 6.82. The number of amides is 1. The molecule has 0 spiro atoms. The molecule has 1 aromatic heterocycles. The first-order chi connectivity index (χ1) is 15.2. The topological polar surface area (TPSA) is 119 Å². The molecule has 0 unspecified atom stereocenters. The van der Waals surface area contributed by atoms with Crippen LogP contribution < -0.4 is 20.3 Å². The third-order valence-electron chi connectivity index (χ3n) is 4.43. The minimum Gasteiger partial charge on any atom is -0.481 e. The van der Waals surface area contributed by atoms with Crippen molar-refractivity contribution < 1.29 is 17.9 Å². The van der Waals surface area contributed by atoms with Gasteiger partial charge in [0.15, 0.2) is 5.69 Å². The molecule has 0 saturated heterocycles. The van der Waals surface area contributed by atoms with Crippen LogP contribution in [0.4, 0.5) is 5.95 Å². The third-order valence-corrected chi connectivity index (χ3v) is 5.89. The summed E-state index contributed by atoms with van der Waals surface area (Å²) >= 11 is 5.83. The smallest absolute Gasteiger partial charge is 0.297 e. The van der Waals surface area contributed by atoms with Crippen molar-refractivity contribution in [2.75, 3.05) is 11.8 Å². The van der Waals surface area contributed by atoms with E-state index < -0.39 is 21.5 Å². The van der Waals surface area contributed by atoms with Crippen LogP contribution in [0.5, 0.6) is 5.75 Å². The first kappa shape index (κ1) is 23.3. The third kappa shape index (κ3) is 5.65. The number of benzene rings is 2. The van der Waals surface area contributed by atoms with Crippen LogP contribution in [0.15, 0.2) is 59.4 Å². The highest BCUT2D eigenvalue weighted by Crippen LogP contribution is 2.18. The highest BCUT2D eigenvalue weighted by Gasteiger charge is 2.24. The number of nitrogens with zero attached hydrogens (tertiary/aromatic N) is 2. The minimum atomic E-state index is -3.94. The van der Waals surface area contributed by atoms with Gasteiger partial charge in [-0.1, -0.05) is 54.1 Å². The number of carbonyl (C=O) groups is 1. The number of hydrogen-bond acceptors (Lipinski definition) is 6. The van der Waals surface area contributed by atoms with Crippen molar-refractivity contribution in [1.29, 1.82) is 0 Å². The molecule has 0 aliphatic rings. The summed E-state index contributed by atoms with van der Waals surface area (Å²) in [5, 5.41) is 2.86. The Labute approximate surface area is 190 Å². The van der Waals surface area contributed by atoms with Crippen LogP contribution in [0.1, 0.15) is 21.6 Å². The monoisotopic (exact) mass is 476 g/mol. The van der Waals surface area contributed by atoms with Gasteiger partial charge < -0.3 is 10.1 Å². The van der Waals surface area contributed by atoms with Gasteiger partial charge in [-0.2, -0.15) is 0 Å².